The maximum Gasteiger partial charge on any atom is 0.261 e. The van der Waals surface area contributed by atoms with Gasteiger partial charge in [-0.15, -0.1) is 0 Å². The van der Waals surface area contributed by atoms with Gasteiger partial charge in [-0.25, -0.2) is 8.42 Å². The first-order valence-corrected chi connectivity index (χ1v) is 12.2. The Balaban J connectivity index is 1.54. The van der Waals surface area contributed by atoms with Gasteiger partial charge in [0.25, 0.3) is 15.9 Å². The number of nitrogens with zero attached hydrogens (tertiary/aromatic N) is 1. The number of nitrogens with one attached hydrogen (secondary N) is 1. The van der Waals surface area contributed by atoms with Gasteiger partial charge in [-0.1, -0.05) is 13.0 Å². The van der Waals surface area contributed by atoms with Crippen molar-refractivity contribution < 1.29 is 22.7 Å². The van der Waals surface area contributed by atoms with Gasteiger partial charge < -0.3 is 14.4 Å². The van der Waals surface area contributed by atoms with Crippen LogP contribution in [0.5, 0.6) is 5.75 Å². The molecule has 2 aliphatic heterocycles. The van der Waals surface area contributed by atoms with Crippen molar-refractivity contribution in [2.45, 2.75) is 50.5 Å². The Morgan fingerprint density at radius 3 is 2.81 bits per heavy atom. The molecular weight excluding hydrogens is 416 g/mol. The molecule has 0 spiro atoms. The number of aryl methyl sites for hydroxylation is 1. The summed E-state index contributed by atoms with van der Waals surface area (Å²) >= 11 is 0. The molecule has 1 saturated heterocycles. The molecule has 0 radical (unpaired) electrons. The van der Waals surface area contributed by atoms with Gasteiger partial charge in [0.05, 0.1) is 17.2 Å². The van der Waals surface area contributed by atoms with Crippen LogP contribution in [-0.2, 0) is 26.0 Å². The highest BCUT2D eigenvalue weighted by Crippen LogP contribution is 2.33. The summed E-state index contributed by atoms with van der Waals surface area (Å²) in [6.45, 7) is 5.63. The minimum Gasteiger partial charge on any atom is -0.493 e. The second kappa shape index (κ2) is 8.88. The fourth-order valence-corrected chi connectivity index (χ4v) is 5.13. The molecule has 0 aromatic heterocycles. The molecule has 0 saturated carbocycles. The number of amides is 1. The molecule has 4 rings (SSSR count). The van der Waals surface area contributed by atoms with Gasteiger partial charge in [-0.3, -0.25) is 9.52 Å². The van der Waals surface area contributed by atoms with Crippen molar-refractivity contribution in [3.63, 3.8) is 0 Å². The molecule has 2 heterocycles. The van der Waals surface area contributed by atoms with Gasteiger partial charge in [-0.2, -0.15) is 0 Å². The van der Waals surface area contributed by atoms with E-state index in [9.17, 15) is 13.2 Å². The summed E-state index contributed by atoms with van der Waals surface area (Å²) in [6.07, 6.45) is 2.85. The average molecular weight is 445 g/mol. The van der Waals surface area contributed by atoms with Crippen LogP contribution in [0.3, 0.4) is 0 Å². The molecular formula is C23H28N2O5S. The first kappa shape index (κ1) is 21.6. The van der Waals surface area contributed by atoms with E-state index in [-0.39, 0.29) is 10.8 Å². The quantitative estimate of drug-likeness (QED) is 0.705. The normalized spacial score (nSPS) is 18.1. The lowest BCUT2D eigenvalue weighted by atomic mass is 10.1. The van der Waals surface area contributed by atoms with E-state index >= 15 is 0 Å². The van der Waals surface area contributed by atoms with E-state index in [0.717, 1.165) is 42.5 Å². The predicted molar refractivity (Wildman–Crippen MR) is 119 cm³/mol. The zero-order valence-electron chi connectivity index (χ0n) is 17.9. The topological polar surface area (TPSA) is 84.9 Å². The smallest absolute Gasteiger partial charge is 0.261 e. The highest BCUT2D eigenvalue weighted by molar-refractivity contribution is 7.92. The van der Waals surface area contributed by atoms with Crippen LogP contribution >= 0.6 is 0 Å². The van der Waals surface area contributed by atoms with Gasteiger partial charge in [-0.05, 0) is 74.1 Å². The fraction of sp³-hybridized carbons (Fsp3) is 0.435. The number of sulfonamides is 1. The largest absolute Gasteiger partial charge is 0.493 e. The van der Waals surface area contributed by atoms with Crippen molar-refractivity contribution in [2.24, 2.45) is 0 Å². The zero-order chi connectivity index (χ0) is 22.0. The summed E-state index contributed by atoms with van der Waals surface area (Å²) in [6, 6.07) is 10.2. The number of rotatable bonds is 7. The van der Waals surface area contributed by atoms with Crippen LogP contribution in [-0.4, -0.2) is 40.2 Å². The zero-order valence-corrected chi connectivity index (χ0v) is 18.7. The van der Waals surface area contributed by atoms with E-state index in [0.29, 0.717) is 31.2 Å². The molecule has 0 bridgehead atoms. The molecule has 7 nitrogen and oxygen atoms in total. The van der Waals surface area contributed by atoms with Crippen LogP contribution in [0.4, 0.5) is 11.4 Å². The second-order valence-electron chi connectivity index (χ2n) is 7.97. The average Bonchev–Trinajstić information content (AvgIpc) is 3.42. The molecule has 2 aliphatic rings. The van der Waals surface area contributed by atoms with E-state index in [2.05, 4.69) is 4.72 Å². The van der Waals surface area contributed by atoms with Crippen LogP contribution < -0.4 is 14.4 Å². The standard InChI is InChI=1S/C23H28N2O5S/c1-3-12-29-21-9-8-19(14-16(21)2)31(27,28)24-18-7-6-17-10-11-25(20(17)15-18)23(26)22-5-4-13-30-22/h6-9,14-15,22,24H,3-5,10-13H2,1-2H3. The number of benzene rings is 2. The molecule has 0 aliphatic carbocycles. The number of carbonyl (C=O) groups is 1. The molecule has 1 fully saturated rings. The van der Waals surface area contributed by atoms with E-state index < -0.39 is 16.1 Å². The van der Waals surface area contributed by atoms with E-state index in [1.165, 1.54) is 0 Å². The Kier molecular flexibility index (Phi) is 6.20. The minimum absolute atomic E-state index is 0.0467. The van der Waals surface area contributed by atoms with E-state index in [4.69, 9.17) is 9.47 Å². The Bertz CT molecular complexity index is 1080. The summed E-state index contributed by atoms with van der Waals surface area (Å²) in [5.41, 5.74) is 2.97. The highest BCUT2D eigenvalue weighted by atomic mass is 32.2. The first-order chi connectivity index (χ1) is 14.9. The predicted octanol–water partition coefficient (Wildman–Crippen LogP) is 3.65. The van der Waals surface area contributed by atoms with Gasteiger partial charge in [0.1, 0.15) is 11.9 Å². The van der Waals surface area contributed by atoms with Crippen LogP contribution in [0.1, 0.15) is 37.3 Å². The van der Waals surface area contributed by atoms with Gasteiger partial charge in [0.2, 0.25) is 0 Å². The number of fused-ring (bicyclic) bond motifs is 1. The van der Waals surface area contributed by atoms with Crippen molar-refractivity contribution in [1.29, 1.82) is 0 Å². The lowest BCUT2D eigenvalue weighted by molar-refractivity contribution is -0.127. The Morgan fingerprint density at radius 1 is 1.26 bits per heavy atom. The highest BCUT2D eigenvalue weighted by Gasteiger charge is 2.33. The van der Waals surface area contributed by atoms with Crippen molar-refractivity contribution >= 4 is 27.3 Å². The maximum absolute atomic E-state index is 13.0. The monoisotopic (exact) mass is 444 g/mol. The Hall–Kier alpha value is -2.58. The maximum atomic E-state index is 13.0. The third-order valence-corrected chi connectivity index (χ3v) is 7.00. The molecule has 8 heteroatoms. The number of carbonyl (C=O) groups excluding carboxylic acids is 1. The summed E-state index contributed by atoms with van der Waals surface area (Å²) in [5, 5.41) is 0. The molecule has 1 amide bonds. The second-order valence-corrected chi connectivity index (χ2v) is 9.65. The van der Waals surface area contributed by atoms with E-state index in [1.54, 1.807) is 35.2 Å². The molecule has 31 heavy (non-hydrogen) atoms. The summed E-state index contributed by atoms with van der Waals surface area (Å²) in [7, 11) is -3.78. The van der Waals surface area contributed by atoms with Crippen molar-refractivity contribution in [2.75, 3.05) is 29.4 Å². The molecule has 2 aromatic carbocycles. The van der Waals surface area contributed by atoms with Gasteiger partial charge >= 0.3 is 0 Å². The van der Waals surface area contributed by atoms with Crippen LogP contribution in [0, 0.1) is 6.92 Å². The molecule has 2 aromatic rings. The Morgan fingerprint density at radius 2 is 2.10 bits per heavy atom. The molecule has 1 N–H and O–H groups in total. The van der Waals surface area contributed by atoms with Crippen LogP contribution in [0.2, 0.25) is 0 Å². The third-order valence-electron chi connectivity index (χ3n) is 5.62. The number of hydrogen-bond acceptors (Lipinski definition) is 5. The number of ether oxygens (including phenoxy) is 2. The van der Waals surface area contributed by atoms with Crippen molar-refractivity contribution in [3.8, 4) is 5.75 Å². The lowest BCUT2D eigenvalue weighted by Gasteiger charge is -2.21. The van der Waals surface area contributed by atoms with Gasteiger partial charge in [0, 0.05) is 18.8 Å². The molecule has 1 atom stereocenters. The number of hydrogen-bond donors (Lipinski definition) is 1. The SMILES string of the molecule is CCCOc1ccc(S(=O)(=O)Nc2ccc3c(c2)N(C(=O)C2CCCO2)CC3)cc1C. The fourth-order valence-electron chi connectivity index (χ4n) is 3.99. The summed E-state index contributed by atoms with van der Waals surface area (Å²) in [4.78, 5) is 14.7. The number of anilines is 2. The van der Waals surface area contributed by atoms with Crippen molar-refractivity contribution in [3.05, 3.63) is 47.5 Å². The third kappa shape index (κ3) is 4.55. The van der Waals surface area contributed by atoms with Crippen LogP contribution in [0.15, 0.2) is 41.3 Å². The summed E-state index contributed by atoms with van der Waals surface area (Å²) < 4.78 is 39.7. The van der Waals surface area contributed by atoms with Crippen molar-refractivity contribution in [1.82, 2.24) is 0 Å². The first-order valence-electron chi connectivity index (χ1n) is 10.7. The molecule has 1 unspecified atom stereocenters. The lowest BCUT2D eigenvalue weighted by Crippen LogP contribution is -2.37. The minimum atomic E-state index is -3.78. The van der Waals surface area contributed by atoms with Gasteiger partial charge in [0.15, 0.2) is 0 Å². The molecule has 166 valence electrons. The summed E-state index contributed by atoms with van der Waals surface area (Å²) in [5.74, 6) is 0.635. The van der Waals surface area contributed by atoms with E-state index in [1.807, 2.05) is 19.9 Å². The van der Waals surface area contributed by atoms with Crippen LogP contribution in [0.25, 0.3) is 0 Å². The Labute approximate surface area is 183 Å².